The van der Waals surface area contributed by atoms with Crippen LogP contribution in [0.5, 0.6) is 0 Å². The molecule has 3 aromatic rings. The highest BCUT2D eigenvalue weighted by molar-refractivity contribution is 7.10. The first-order valence-corrected chi connectivity index (χ1v) is 12.4. The minimum absolute atomic E-state index is 0.0217. The molecule has 2 aliphatic rings. The van der Waals surface area contributed by atoms with Crippen LogP contribution in [0.3, 0.4) is 0 Å². The Labute approximate surface area is 199 Å². The zero-order valence-corrected chi connectivity index (χ0v) is 19.6. The number of carbonyl (C=O) groups excluding carboxylic acids is 2. The van der Waals surface area contributed by atoms with Crippen LogP contribution in [0.15, 0.2) is 72.1 Å². The summed E-state index contributed by atoms with van der Waals surface area (Å²) in [6.07, 6.45) is 6.23. The van der Waals surface area contributed by atoms with E-state index < -0.39 is 0 Å². The van der Waals surface area contributed by atoms with Crippen LogP contribution in [0.1, 0.15) is 46.0 Å². The minimum atomic E-state index is -0.0929. The number of amides is 2. The molecule has 4 nitrogen and oxygen atoms in total. The molecule has 1 saturated carbocycles. The van der Waals surface area contributed by atoms with Gasteiger partial charge in [0.1, 0.15) is 6.54 Å². The van der Waals surface area contributed by atoms with Gasteiger partial charge in [-0.2, -0.15) is 0 Å². The van der Waals surface area contributed by atoms with Crippen molar-refractivity contribution >= 4 is 29.2 Å². The standard InChI is InChI=1S/C28H28N2O2S/c1-20-7-5-6-10-23(20)28-24-16-18-33-25(24)15-17-29(28)27(32)19-30(22-12-13-22)26(31)14-11-21-8-3-2-4-9-21/h2-11,14,16,18,22,28H,12-13,15,17,19H2,1H3. The molecular formula is C28H28N2O2S. The lowest BCUT2D eigenvalue weighted by Gasteiger charge is -2.38. The van der Waals surface area contributed by atoms with E-state index in [-0.39, 0.29) is 30.4 Å². The molecule has 0 radical (unpaired) electrons. The largest absolute Gasteiger partial charge is 0.330 e. The van der Waals surface area contributed by atoms with Gasteiger partial charge in [0.25, 0.3) is 0 Å². The van der Waals surface area contributed by atoms with Crippen LogP contribution in [0.4, 0.5) is 0 Å². The fourth-order valence-electron chi connectivity index (χ4n) is 4.65. The molecule has 2 aromatic carbocycles. The quantitative estimate of drug-likeness (QED) is 0.476. The summed E-state index contributed by atoms with van der Waals surface area (Å²) >= 11 is 1.77. The van der Waals surface area contributed by atoms with E-state index in [1.54, 1.807) is 22.3 Å². The van der Waals surface area contributed by atoms with Gasteiger partial charge in [-0.3, -0.25) is 9.59 Å². The van der Waals surface area contributed by atoms with Gasteiger partial charge in [0, 0.05) is 23.5 Å². The second-order valence-electron chi connectivity index (χ2n) is 8.84. The van der Waals surface area contributed by atoms with Crippen molar-refractivity contribution in [3.63, 3.8) is 0 Å². The minimum Gasteiger partial charge on any atom is -0.330 e. The third-order valence-electron chi connectivity index (χ3n) is 6.56. The molecular weight excluding hydrogens is 428 g/mol. The third kappa shape index (κ3) is 4.64. The predicted octanol–water partition coefficient (Wildman–Crippen LogP) is 5.24. The number of carbonyl (C=O) groups is 2. The zero-order valence-electron chi connectivity index (χ0n) is 18.8. The van der Waals surface area contributed by atoms with Crippen molar-refractivity contribution in [1.82, 2.24) is 9.80 Å². The van der Waals surface area contributed by atoms with E-state index in [9.17, 15) is 9.59 Å². The van der Waals surface area contributed by atoms with E-state index in [2.05, 4.69) is 30.5 Å². The lowest BCUT2D eigenvalue weighted by molar-refractivity contribution is -0.140. The van der Waals surface area contributed by atoms with Crippen LogP contribution in [0, 0.1) is 6.92 Å². The SMILES string of the molecule is Cc1ccccc1C1c2ccsc2CCN1C(=O)CN(C(=O)C=Cc1ccccc1)C1CC1. The van der Waals surface area contributed by atoms with Gasteiger partial charge >= 0.3 is 0 Å². The van der Waals surface area contributed by atoms with Gasteiger partial charge in [-0.05, 0) is 66.0 Å². The van der Waals surface area contributed by atoms with Gasteiger partial charge < -0.3 is 9.80 Å². The van der Waals surface area contributed by atoms with Crippen molar-refractivity contribution in [3.05, 3.63) is 99.3 Å². The second kappa shape index (κ2) is 9.36. The molecule has 1 aliphatic carbocycles. The normalized spacial score (nSPS) is 17.7. The fraction of sp³-hybridized carbons (Fsp3) is 0.286. The van der Waals surface area contributed by atoms with Gasteiger partial charge in [-0.1, -0.05) is 54.6 Å². The number of nitrogens with zero attached hydrogens (tertiary/aromatic N) is 2. The van der Waals surface area contributed by atoms with E-state index >= 15 is 0 Å². The van der Waals surface area contributed by atoms with Crippen molar-refractivity contribution in [2.75, 3.05) is 13.1 Å². The topological polar surface area (TPSA) is 40.6 Å². The van der Waals surface area contributed by atoms with Gasteiger partial charge in [-0.15, -0.1) is 11.3 Å². The Balaban J connectivity index is 1.38. The van der Waals surface area contributed by atoms with Crippen molar-refractivity contribution in [2.24, 2.45) is 0 Å². The lowest BCUT2D eigenvalue weighted by Crippen LogP contribution is -2.47. The van der Waals surface area contributed by atoms with Crippen LogP contribution >= 0.6 is 11.3 Å². The van der Waals surface area contributed by atoms with E-state index in [1.165, 1.54) is 21.6 Å². The molecule has 0 saturated heterocycles. The molecule has 5 heteroatoms. The summed E-state index contributed by atoms with van der Waals surface area (Å²) in [6, 6.07) is 20.3. The van der Waals surface area contributed by atoms with Crippen molar-refractivity contribution in [1.29, 1.82) is 0 Å². The number of fused-ring (bicyclic) bond motifs is 1. The van der Waals surface area contributed by atoms with Crippen LogP contribution in [0.25, 0.3) is 6.08 Å². The van der Waals surface area contributed by atoms with Crippen molar-refractivity contribution in [3.8, 4) is 0 Å². The number of benzene rings is 2. The lowest BCUT2D eigenvalue weighted by atomic mass is 9.90. The van der Waals surface area contributed by atoms with Crippen LogP contribution < -0.4 is 0 Å². The van der Waals surface area contributed by atoms with Crippen LogP contribution in [-0.4, -0.2) is 40.7 Å². The first kappa shape index (κ1) is 21.7. The Bertz CT molecular complexity index is 1180. The summed E-state index contributed by atoms with van der Waals surface area (Å²) in [5.41, 5.74) is 4.55. The summed E-state index contributed by atoms with van der Waals surface area (Å²) in [6.45, 7) is 2.91. The summed E-state index contributed by atoms with van der Waals surface area (Å²) in [5, 5.41) is 2.12. The highest BCUT2D eigenvalue weighted by Gasteiger charge is 2.37. The summed E-state index contributed by atoms with van der Waals surface area (Å²) < 4.78 is 0. The maximum Gasteiger partial charge on any atom is 0.247 e. The molecule has 1 aromatic heterocycles. The predicted molar refractivity (Wildman–Crippen MR) is 133 cm³/mol. The Morgan fingerprint density at radius 3 is 2.55 bits per heavy atom. The molecule has 1 aliphatic heterocycles. The maximum absolute atomic E-state index is 13.7. The molecule has 1 fully saturated rings. The van der Waals surface area contributed by atoms with E-state index in [1.807, 2.05) is 53.4 Å². The van der Waals surface area contributed by atoms with E-state index in [0.29, 0.717) is 6.54 Å². The number of aryl methyl sites for hydroxylation is 1. The molecule has 1 unspecified atom stereocenters. The van der Waals surface area contributed by atoms with Crippen molar-refractivity contribution in [2.45, 2.75) is 38.3 Å². The van der Waals surface area contributed by atoms with Crippen LogP contribution in [-0.2, 0) is 16.0 Å². The molecule has 5 rings (SSSR count). The van der Waals surface area contributed by atoms with Gasteiger partial charge in [0.05, 0.1) is 6.04 Å². The molecule has 0 bridgehead atoms. The first-order chi connectivity index (χ1) is 16.1. The molecule has 33 heavy (non-hydrogen) atoms. The average Bonchev–Trinajstić information content (AvgIpc) is 3.57. The number of thiophene rings is 1. The Morgan fingerprint density at radius 1 is 1.03 bits per heavy atom. The zero-order chi connectivity index (χ0) is 22.8. The number of rotatable bonds is 6. The number of hydrogen-bond acceptors (Lipinski definition) is 3. The molecule has 0 N–H and O–H groups in total. The Kier molecular flexibility index (Phi) is 6.14. The molecule has 0 spiro atoms. The highest BCUT2D eigenvalue weighted by Crippen LogP contribution is 2.39. The molecule has 2 amide bonds. The second-order valence-corrected chi connectivity index (χ2v) is 9.84. The number of hydrogen-bond donors (Lipinski definition) is 0. The van der Waals surface area contributed by atoms with Crippen molar-refractivity contribution < 1.29 is 9.59 Å². The van der Waals surface area contributed by atoms with Crippen LogP contribution in [0.2, 0.25) is 0 Å². The molecule has 1 atom stereocenters. The smallest absolute Gasteiger partial charge is 0.247 e. The monoisotopic (exact) mass is 456 g/mol. The first-order valence-electron chi connectivity index (χ1n) is 11.6. The highest BCUT2D eigenvalue weighted by atomic mass is 32.1. The summed E-state index contributed by atoms with van der Waals surface area (Å²) in [4.78, 5) is 31.8. The van der Waals surface area contributed by atoms with Gasteiger partial charge in [0.2, 0.25) is 11.8 Å². The summed E-state index contributed by atoms with van der Waals surface area (Å²) in [5.74, 6) is -0.0659. The third-order valence-corrected chi connectivity index (χ3v) is 7.56. The molecule has 168 valence electrons. The van der Waals surface area contributed by atoms with E-state index in [4.69, 9.17) is 0 Å². The maximum atomic E-state index is 13.7. The fourth-order valence-corrected chi connectivity index (χ4v) is 5.55. The van der Waals surface area contributed by atoms with E-state index in [0.717, 1.165) is 24.8 Å². The Hall–Kier alpha value is -3.18. The Morgan fingerprint density at radius 2 is 1.79 bits per heavy atom. The average molecular weight is 457 g/mol. The van der Waals surface area contributed by atoms with Gasteiger partial charge in [0.15, 0.2) is 0 Å². The summed E-state index contributed by atoms with van der Waals surface area (Å²) in [7, 11) is 0. The molecule has 2 heterocycles. The van der Waals surface area contributed by atoms with Gasteiger partial charge in [-0.25, -0.2) is 0 Å².